The van der Waals surface area contributed by atoms with Crippen LogP contribution in [0.2, 0.25) is 19.6 Å². The van der Waals surface area contributed by atoms with Gasteiger partial charge < -0.3 is 9.47 Å². The van der Waals surface area contributed by atoms with E-state index in [0.29, 0.717) is 11.5 Å². The fourth-order valence-corrected chi connectivity index (χ4v) is 9.90. The molecule has 6 heteroatoms. The maximum Gasteiger partial charge on any atom is 0.207 e. The summed E-state index contributed by atoms with van der Waals surface area (Å²) >= 11 is 0. The first-order valence-electron chi connectivity index (χ1n) is 8.38. The van der Waals surface area contributed by atoms with Crippen molar-refractivity contribution in [2.24, 2.45) is 0 Å². The SMILES string of the molecule is C[Si](C)(C)[C@@]1(S(=O)(=O)c2ccccc2)O[C@@H]1COCc1ccccc1. The first kappa shape index (κ1) is 18.3. The molecule has 1 aliphatic rings. The van der Waals surface area contributed by atoms with Crippen LogP contribution in [0.15, 0.2) is 65.6 Å². The van der Waals surface area contributed by atoms with E-state index in [2.05, 4.69) is 0 Å². The lowest BCUT2D eigenvalue weighted by atomic mass is 10.2. The molecule has 0 aromatic heterocycles. The maximum atomic E-state index is 13.3. The Morgan fingerprint density at radius 1 is 1.00 bits per heavy atom. The maximum absolute atomic E-state index is 13.3. The fourth-order valence-electron chi connectivity index (χ4n) is 3.25. The van der Waals surface area contributed by atoms with Crippen molar-refractivity contribution in [2.75, 3.05) is 6.61 Å². The van der Waals surface area contributed by atoms with Crippen LogP contribution < -0.4 is 0 Å². The van der Waals surface area contributed by atoms with E-state index >= 15 is 0 Å². The Labute approximate surface area is 150 Å². The Bertz CT molecular complexity index is 816. The Kier molecular flexibility index (Phi) is 4.90. The van der Waals surface area contributed by atoms with E-state index < -0.39 is 28.6 Å². The topological polar surface area (TPSA) is 55.9 Å². The molecule has 2 aromatic carbocycles. The van der Waals surface area contributed by atoms with Crippen molar-refractivity contribution in [2.45, 2.75) is 41.8 Å². The largest absolute Gasteiger partial charge is 0.374 e. The third-order valence-corrected chi connectivity index (χ3v) is 11.8. The molecule has 0 radical (unpaired) electrons. The molecule has 0 bridgehead atoms. The molecule has 1 heterocycles. The number of ether oxygens (including phenoxy) is 2. The molecule has 134 valence electrons. The van der Waals surface area contributed by atoms with E-state index in [1.165, 1.54) is 0 Å². The molecule has 2 aromatic rings. The lowest BCUT2D eigenvalue weighted by molar-refractivity contribution is 0.104. The molecule has 25 heavy (non-hydrogen) atoms. The average molecular weight is 377 g/mol. The minimum absolute atomic E-state index is 0.283. The van der Waals surface area contributed by atoms with Crippen molar-refractivity contribution in [1.29, 1.82) is 0 Å². The Morgan fingerprint density at radius 3 is 2.12 bits per heavy atom. The zero-order valence-corrected chi connectivity index (χ0v) is 16.6. The van der Waals surface area contributed by atoms with Gasteiger partial charge in [-0.15, -0.1) is 0 Å². The molecule has 0 aliphatic carbocycles. The summed E-state index contributed by atoms with van der Waals surface area (Å²) < 4.78 is 37.0. The molecular weight excluding hydrogens is 352 g/mol. The average Bonchev–Trinajstić information content (AvgIpc) is 3.33. The summed E-state index contributed by atoms with van der Waals surface area (Å²) in [7, 11) is -5.74. The lowest BCUT2D eigenvalue weighted by Gasteiger charge is -2.26. The summed E-state index contributed by atoms with van der Waals surface area (Å²) in [6, 6.07) is 18.4. The Balaban J connectivity index is 1.77. The van der Waals surface area contributed by atoms with Crippen LogP contribution >= 0.6 is 0 Å². The molecule has 1 saturated heterocycles. The number of epoxide rings is 1. The molecule has 1 aliphatic heterocycles. The smallest absolute Gasteiger partial charge is 0.207 e. The van der Waals surface area contributed by atoms with Gasteiger partial charge in [0.25, 0.3) is 0 Å². The van der Waals surface area contributed by atoms with Gasteiger partial charge in [0.1, 0.15) is 14.2 Å². The standard InChI is InChI=1S/C19H24O4SSi/c1-25(2,3)19(24(20,21)17-12-8-5-9-13-17)18(23-19)15-22-14-16-10-6-4-7-11-16/h4-13,18H,14-15H2,1-3H3/t18-,19-/m1/s1. The van der Waals surface area contributed by atoms with E-state index in [9.17, 15) is 8.42 Å². The van der Waals surface area contributed by atoms with Gasteiger partial charge in [-0.25, -0.2) is 8.42 Å². The summed E-state index contributed by atoms with van der Waals surface area (Å²) in [6.07, 6.45) is -0.409. The quantitative estimate of drug-likeness (QED) is 0.547. The molecule has 0 amide bonds. The lowest BCUT2D eigenvalue weighted by Crippen LogP contribution is -2.50. The van der Waals surface area contributed by atoms with Crippen molar-refractivity contribution in [3.8, 4) is 0 Å². The van der Waals surface area contributed by atoms with E-state index in [-0.39, 0.29) is 6.61 Å². The second-order valence-corrected chi connectivity index (χ2v) is 15.0. The molecule has 1 fully saturated rings. The van der Waals surface area contributed by atoms with Crippen LogP contribution in [-0.4, -0.2) is 33.8 Å². The molecule has 0 N–H and O–H groups in total. The summed E-state index contributed by atoms with van der Waals surface area (Å²) in [6.45, 7) is 6.83. The zero-order chi connectivity index (χ0) is 18.1. The number of rotatable bonds is 7. The van der Waals surface area contributed by atoms with Crippen LogP contribution in [0.25, 0.3) is 0 Å². The van der Waals surface area contributed by atoms with Gasteiger partial charge in [-0.05, 0) is 17.7 Å². The normalized spacial score (nSPS) is 23.4. The second-order valence-electron chi connectivity index (χ2n) is 7.34. The Hall–Kier alpha value is -1.47. The molecular formula is C19H24O4SSi. The monoisotopic (exact) mass is 376 g/mol. The van der Waals surface area contributed by atoms with Crippen molar-refractivity contribution in [1.82, 2.24) is 0 Å². The summed E-state index contributed by atoms with van der Waals surface area (Å²) in [5, 5.41) is 0. The predicted molar refractivity (Wildman–Crippen MR) is 101 cm³/mol. The predicted octanol–water partition coefficient (Wildman–Crippen LogP) is 3.65. The third-order valence-electron chi connectivity index (χ3n) is 4.56. The molecule has 0 spiro atoms. The van der Waals surface area contributed by atoms with Crippen LogP contribution in [0.5, 0.6) is 0 Å². The van der Waals surface area contributed by atoms with Crippen molar-refractivity contribution in [3.63, 3.8) is 0 Å². The van der Waals surface area contributed by atoms with E-state index in [1.807, 2.05) is 56.0 Å². The highest BCUT2D eigenvalue weighted by atomic mass is 32.2. The second kappa shape index (κ2) is 6.68. The first-order valence-corrected chi connectivity index (χ1v) is 13.4. The molecule has 2 atom stereocenters. The molecule has 0 unspecified atom stereocenters. The Morgan fingerprint density at radius 2 is 1.56 bits per heavy atom. The van der Waals surface area contributed by atoms with Gasteiger partial charge in [0.05, 0.1) is 18.1 Å². The number of hydrogen-bond acceptors (Lipinski definition) is 4. The van der Waals surface area contributed by atoms with Crippen LogP contribution in [0.4, 0.5) is 0 Å². The highest BCUT2D eigenvalue weighted by Crippen LogP contribution is 2.51. The van der Waals surface area contributed by atoms with E-state index in [1.54, 1.807) is 24.3 Å². The van der Waals surface area contributed by atoms with Gasteiger partial charge in [0.2, 0.25) is 9.84 Å². The highest BCUT2D eigenvalue weighted by molar-refractivity contribution is 7.95. The fraction of sp³-hybridized carbons (Fsp3) is 0.368. The van der Waals surface area contributed by atoms with Crippen molar-refractivity contribution in [3.05, 3.63) is 66.2 Å². The van der Waals surface area contributed by atoms with E-state index in [0.717, 1.165) is 5.56 Å². The van der Waals surface area contributed by atoms with Gasteiger partial charge in [0.15, 0.2) is 4.56 Å². The molecule has 4 nitrogen and oxygen atoms in total. The van der Waals surface area contributed by atoms with Crippen LogP contribution in [0, 0.1) is 0 Å². The van der Waals surface area contributed by atoms with Crippen LogP contribution in [-0.2, 0) is 25.9 Å². The first-order chi connectivity index (χ1) is 11.8. The minimum atomic E-state index is -3.57. The number of benzene rings is 2. The summed E-state index contributed by atoms with van der Waals surface area (Å²) in [4.78, 5) is 0.322. The van der Waals surface area contributed by atoms with Gasteiger partial charge in [0, 0.05) is 0 Å². The van der Waals surface area contributed by atoms with Crippen molar-refractivity contribution >= 4 is 17.9 Å². The van der Waals surface area contributed by atoms with Gasteiger partial charge >= 0.3 is 0 Å². The third kappa shape index (κ3) is 3.31. The summed E-state index contributed by atoms with van der Waals surface area (Å²) in [5.74, 6) is 0. The number of sulfone groups is 1. The van der Waals surface area contributed by atoms with Crippen LogP contribution in [0.3, 0.4) is 0 Å². The van der Waals surface area contributed by atoms with Gasteiger partial charge in [-0.2, -0.15) is 0 Å². The highest BCUT2D eigenvalue weighted by Gasteiger charge is 2.72. The van der Waals surface area contributed by atoms with Gasteiger partial charge in [-0.1, -0.05) is 68.2 Å². The van der Waals surface area contributed by atoms with Crippen molar-refractivity contribution < 1.29 is 17.9 Å². The molecule has 3 rings (SSSR count). The van der Waals surface area contributed by atoms with E-state index in [4.69, 9.17) is 9.47 Å². The van der Waals surface area contributed by atoms with Crippen LogP contribution in [0.1, 0.15) is 5.56 Å². The molecule has 0 saturated carbocycles. The summed E-state index contributed by atoms with van der Waals surface area (Å²) in [5.41, 5.74) is 1.06. The number of hydrogen-bond donors (Lipinski definition) is 0. The minimum Gasteiger partial charge on any atom is -0.374 e. The zero-order valence-electron chi connectivity index (χ0n) is 14.8. The van der Waals surface area contributed by atoms with Gasteiger partial charge in [-0.3, -0.25) is 0 Å².